The van der Waals surface area contributed by atoms with Crippen LogP contribution in [-0.2, 0) is 10.0 Å². The number of likely N-dealkylation sites (tertiary alicyclic amines) is 1. The number of thiophene rings is 1. The molecule has 5 rings (SSSR count). The van der Waals surface area contributed by atoms with Crippen molar-refractivity contribution in [2.75, 3.05) is 38.5 Å². The van der Waals surface area contributed by atoms with E-state index in [2.05, 4.69) is 21.2 Å². The Labute approximate surface area is 204 Å². The topological polar surface area (TPSA) is 114 Å². The molecule has 8 nitrogen and oxygen atoms in total. The van der Waals surface area contributed by atoms with E-state index in [-0.39, 0.29) is 11.7 Å². The van der Waals surface area contributed by atoms with Crippen molar-refractivity contribution in [2.45, 2.75) is 38.0 Å². The lowest BCUT2D eigenvalue weighted by Gasteiger charge is -2.30. The largest absolute Gasteiger partial charge is 0.365 e. The summed E-state index contributed by atoms with van der Waals surface area (Å²) >= 11 is 1.62. The second-order valence-corrected chi connectivity index (χ2v) is 12.4. The minimum absolute atomic E-state index is 0.184. The van der Waals surface area contributed by atoms with Crippen molar-refractivity contribution in [3.63, 3.8) is 0 Å². The van der Waals surface area contributed by atoms with Gasteiger partial charge in [-0.1, -0.05) is 6.07 Å². The highest BCUT2D eigenvalue weighted by molar-refractivity contribution is 7.89. The Kier molecular flexibility index (Phi) is 6.74. The van der Waals surface area contributed by atoms with Gasteiger partial charge in [-0.3, -0.25) is 4.79 Å². The van der Waals surface area contributed by atoms with Crippen molar-refractivity contribution < 1.29 is 18.3 Å². The Morgan fingerprint density at radius 1 is 1.18 bits per heavy atom. The summed E-state index contributed by atoms with van der Waals surface area (Å²) in [6, 6.07) is 7.94. The van der Waals surface area contributed by atoms with Crippen LogP contribution in [-0.4, -0.2) is 67.1 Å². The molecule has 0 unspecified atom stereocenters. The van der Waals surface area contributed by atoms with Gasteiger partial charge >= 0.3 is 0 Å². The maximum atomic E-state index is 12.9. The first-order chi connectivity index (χ1) is 16.4. The smallest absolute Gasteiger partial charge is 0.255 e. The molecule has 2 aliphatic rings. The van der Waals surface area contributed by atoms with Gasteiger partial charge in [0, 0.05) is 23.9 Å². The van der Waals surface area contributed by atoms with Gasteiger partial charge in [-0.2, -0.15) is 5.10 Å². The molecule has 0 spiro atoms. The van der Waals surface area contributed by atoms with Crippen LogP contribution in [0, 0.1) is 0 Å². The Morgan fingerprint density at radius 3 is 2.62 bits per heavy atom. The highest BCUT2D eigenvalue weighted by Crippen LogP contribution is 2.35. The number of H-pyrrole nitrogens is 2. The molecule has 34 heavy (non-hydrogen) atoms. The monoisotopic (exact) mass is 502 g/mol. The highest BCUT2D eigenvalue weighted by atomic mass is 32.2. The Balaban J connectivity index is 1.30. The summed E-state index contributed by atoms with van der Waals surface area (Å²) in [5.41, 5.74) is 8.83. The number of hydrogen-bond acceptors (Lipinski definition) is 5. The number of carbonyl (C=O) groups is 1. The van der Waals surface area contributed by atoms with Crippen molar-refractivity contribution in [3.8, 4) is 10.4 Å². The van der Waals surface area contributed by atoms with E-state index in [9.17, 15) is 13.2 Å². The summed E-state index contributed by atoms with van der Waals surface area (Å²) in [5, 5.41) is 9.37. The standard InChI is InChI=1S/C24H31N5O3S2/c25-24(30)20-16-18(21-5-3-13-33-21)15-19-22(26-27-23(19)20)17-6-11-29(12-7-17)34(31,32)14-4-10-28-8-1-2-9-28/h3,5,13,15-17H,1-2,4,6-12,14H2,(H2,25,30)(H,26,27)/p+1. The van der Waals surface area contributed by atoms with E-state index in [1.165, 1.54) is 12.8 Å². The summed E-state index contributed by atoms with van der Waals surface area (Å²) in [5.74, 6) is -0.0661. The second-order valence-electron chi connectivity index (χ2n) is 9.34. The van der Waals surface area contributed by atoms with Gasteiger partial charge in [0.15, 0.2) is 0 Å². The number of hydrogen-bond donors (Lipinski definition) is 2. The number of sulfonamides is 1. The molecule has 182 valence electrons. The molecule has 0 saturated carbocycles. The zero-order chi connectivity index (χ0) is 23.7. The van der Waals surface area contributed by atoms with Gasteiger partial charge < -0.3 is 10.6 Å². The fourth-order valence-electron chi connectivity index (χ4n) is 5.32. The van der Waals surface area contributed by atoms with E-state index in [0.717, 1.165) is 54.0 Å². The number of carbonyl (C=O) groups excluding carboxylic acids is 1. The molecule has 0 bridgehead atoms. The number of nitrogens with two attached hydrogens (primary N) is 1. The predicted octanol–water partition coefficient (Wildman–Crippen LogP) is 2.80. The van der Waals surface area contributed by atoms with Crippen LogP contribution < -0.4 is 10.8 Å². The molecule has 3 aromatic rings. The summed E-state index contributed by atoms with van der Waals surface area (Å²) in [4.78, 5) is 15.6. The molecular weight excluding hydrogens is 470 g/mol. The van der Waals surface area contributed by atoms with Crippen LogP contribution in [0.5, 0.6) is 0 Å². The van der Waals surface area contributed by atoms with Crippen LogP contribution >= 0.6 is 11.3 Å². The van der Waals surface area contributed by atoms with Crippen LogP contribution in [0.1, 0.15) is 54.1 Å². The van der Waals surface area contributed by atoms with Crippen molar-refractivity contribution in [3.05, 3.63) is 40.9 Å². The molecule has 0 atom stereocenters. The average molecular weight is 503 g/mol. The predicted molar refractivity (Wildman–Crippen MR) is 134 cm³/mol. The van der Waals surface area contributed by atoms with E-state index in [4.69, 9.17) is 5.73 Å². The second kappa shape index (κ2) is 9.77. The van der Waals surface area contributed by atoms with Gasteiger partial charge in [-0.25, -0.2) is 12.7 Å². The molecule has 4 N–H and O–H groups in total. The summed E-state index contributed by atoms with van der Waals surface area (Å²) in [7, 11) is -3.24. The molecule has 0 radical (unpaired) electrons. The summed E-state index contributed by atoms with van der Waals surface area (Å²) in [6.45, 7) is 4.10. The van der Waals surface area contributed by atoms with Gasteiger partial charge in [-0.05, 0) is 80.9 Å². The third-order valence-electron chi connectivity index (χ3n) is 7.15. The molecule has 1 aromatic carbocycles. The summed E-state index contributed by atoms with van der Waals surface area (Å²) < 4.78 is 27.5. The van der Waals surface area contributed by atoms with Gasteiger partial charge in [0.05, 0.1) is 16.8 Å². The Bertz CT molecular complexity index is 1260. The third kappa shape index (κ3) is 4.77. The fraction of sp³-hybridized carbons (Fsp3) is 0.500. The molecule has 1 amide bonds. The van der Waals surface area contributed by atoms with Gasteiger partial charge in [-0.15, -0.1) is 16.4 Å². The summed E-state index contributed by atoms with van der Waals surface area (Å²) in [6.07, 6.45) is 4.62. The first-order valence-corrected chi connectivity index (χ1v) is 14.5. The van der Waals surface area contributed by atoms with Gasteiger partial charge in [0.2, 0.25) is 15.5 Å². The quantitative estimate of drug-likeness (QED) is 0.493. The Hall–Kier alpha value is -2.27. The van der Waals surface area contributed by atoms with E-state index in [1.54, 1.807) is 15.6 Å². The third-order valence-corrected chi connectivity index (χ3v) is 10.0. The number of amides is 1. The molecule has 4 heterocycles. The number of aromatic nitrogens is 2. The average Bonchev–Trinajstić information content (AvgIpc) is 3.60. The van der Waals surface area contributed by atoms with Crippen LogP contribution in [0.15, 0.2) is 29.6 Å². The number of rotatable bonds is 8. The van der Waals surface area contributed by atoms with Crippen LogP contribution in [0.2, 0.25) is 0 Å². The van der Waals surface area contributed by atoms with Crippen LogP contribution in [0.3, 0.4) is 0 Å². The zero-order valence-corrected chi connectivity index (χ0v) is 20.9. The molecule has 10 heteroatoms. The minimum Gasteiger partial charge on any atom is -0.365 e. The molecule has 2 fully saturated rings. The zero-order valence-electron chi connectivity index (χ0n) is 19.3. The number of nitrogens with zero attached hydrogens (tertiary/aromatic N) is 2. The number of nitrogens with one attached hydrogen (secondary N) is 2. The first kappa shape index (κ1) is 23.5. The number of aromatic amines is 2. The van der Waals surface area contributed by atoms with Gasteiger partial charge in [0.1, 0.15) is 5.56 Å². The van der Waals surface area contributed by atoms with Crippen molar-refractivity contribution >= 4 is 38.2 Å². The highest BCUT2D eigenvalue weighted by Gasteiger charge is 2.32. The van der Waals surface area contributed by atoms with E-state index in [1.807, 2.05) is 23.6 Å². The molecular formula is C24H32N5O3S2+. The molecule has 2 aliphatic heterocycles. The maximum Gasteiger partial charge on any atom is 0.255 e. The van der Waals surface area contributed by atoms with Crippen molar-refractivity contribution in [2.24, 2.45) is 5.73 Å². The fourth-order valence-corrected chi connectivity index (χ4v) is 7.55. The van der Waals surface area contributed by atoms with E-state index < -0.39 is 15.9 Å². The van der Waals surface area contributed by atoms with Gasteiger partial charge in [0.25, 0.3) is 5.91 Å². The molecule has 0 aliphatic carbocycles. The number of benzene rings is 1. The van der Waals surface area contributed by atoms with E-state index >= 15 is 0 Å². The molecule has 2 aromatic heterocycles. The van der Waals surface area contributed by atoms with Crippen LogP contribution in [0.25, 0.3) is 21.3 Å². The number of primary amides is 1. The Morgan fingerprint density at radius 2 is 1.94 bits per heavy atom. The minimum atomic E-state index is -3.24. The maximum absolute atomic E-state index is 12.9. The first-order valence-electron chi connectivity index (χ1n) is 12.0. The van der Waals surface area contributed by atoms with Crippen molar-refractivity contribution in [1.82, 2.24) is 14.3 Å². The van der Waals surface area contributed by atoms with E-state index in [0.29, 0.717) is 30.6 Å². The van der Waals surface area contributed by atoms with Crippen molar-refractivity contribution in [1.29, 1.82) is 0 Å². The normalized spacial score (nSPS) is 18.7. The lowest BCUT2D eigenvalue weighted by molar-refractivity contribution is -0.421. The number of fused-ring (bicyclic) bond motifs is 1. The lowest BCUT2D eigenvalue weighted by Crippen LogP contribution is -2.39. The van der Waals surface area contributed by atoms with Crippen LogP contribution in [0.4, 0.5) is 0 Å². The number of piperidine rings is 1. The SMILES string of the molecule is NC(=O)c1cc(-c2cccs2)cc2c(C3CCN(S(=O)(=O)CCCN4CCCC4)CC3)[nH][nH+]c12. The lowest BCUT2D eigenvalue weighted by atomic mass is 9.91. The molecule has 2 saturated heterocycles.